The number of nitrogens with one attached hydrogen (secondary N) is 1. The average molecular weight is 377 g/mol. The summed E-state index contributed by atoms with van der Waals surface area (Å²) in [7, 11) is 3.21. The van der Waals surface area contributed by atoms with Gasteiger partial charge in [0.05, 0.1) is 25.5 Å². The van der Waals surface area contributed by atoms with Crippen molar-refractivity contribution in [1.82, 2.24) is 4.98 Å². The molecule has 1 N–H and O–H groups in total. The molecule has 0 aliphatic heterocycles. The molecule has 0 unspecified atom stereocenters. The van der Waals surface area contributed by atoms with Crippen LogP contribution in [0.4, 0.5) is 17.2 Å². The Morgan fingerprint density at radius 2 is 1.82 bits per heavy atom. The maximum atomic E-state index is 12.9. The molecule has 144 valence electrons. The minimum atomic E-state index is -0.0910. The van der Waals surface area contributed by atoms with E-state index in [4.69, 9.17) is 9.47 Å². The van der Waals surface area contributed by atoms with Gasteiger partial charge in [0, 0.05) is 24.5 Å². The van der Waals surface area contributed by atoms with E-state index in [9.17, 15) is 4.79 Å². The number of benzene rings is 2. The van der Waals surface area contributed by atoms with E-state index in [1.54, 1.807) is 37.4 Å². The number of rotatable bonds is 7. The van der Waals surface area contributed by atoms with Crippen molar-refractivity contribution in [2.24, 2.45) is 0 Å². The summed E-state index contributed by atoms with van der Waals surface area (Å²) in [6.45, 7) is 2.52. The summed E-state index contributed by atoms with van der Waals surface area (Å²) in [6.07, 6.45) is 1.57. The molecule has 0 atom stereocenters. The van der Waals surface area contributed by atoms with Crippen molar-refractivity contribution in [3.8, 4) is 11.5 Å². The third-order valence-corrected chi connectivity index (χ3v) is 4.31. The molecule has 0 bridgehead atoms. The third kappa shape index (κ3) is 4.23. The summed E-state index contributed by atoms with van der Waals surface area (Å²) in [6, 6.07) is 18.6. The van der Waals surface area contributed by atoms with Gasteiger partial charge in [-0.1, -0.05) is 18.2 Å². The standard InChI is InChI=1S/C22H23N3O3/c1-4-25(17-8-6-5-7-9-17)22(26)16-10-13-21(23-15-16)24-19-14-18(27-2)11-12-20(19)28-3/h5-15H,4H2,1-3H3,(H,23,24). The number of amides is 1. The van der Waals surface area contributed by atoms with Crippen LogP contribution in [0, 0.1) is 0 Å². The Bertz CT molecular complexity index is 928. The van der Waals surface area contributed by atoms with E-state index in [0.29, 0.717) is 29.4 Å². The minimum Gasteiger partial charge on any atom is -0.497 e. The van der Waals surface area contributed by atoms with E-state index >= 15 is 0 Å². The van der Waals surface area contributed by atoms with Gasteiger partial charge in [-0.05, 0) is 43.3 Å². The lowest BCUT2D eigenvalue weighted by atomic mass is 10.2. The second-order valence-corrected chi connectivity index (χ2v) is 6.01. The highest BCUT2D eigenvalue weighted by Crippen LogP contribution is 2.31. The number of aromatic nitrogens is 1. The molecule has 1 heterocycles. The number of carbonyl (C=O) groups is 1. The van der Waals surface area contributed by atoms with Crippen LogP contribution in [0.15, 0.2) is 66.9 Å². The van der Waals surface area contributed by atoms with Crippen LogP contribution in [-0.4, -0.2) is 31.7 Å². The Morgan fingerprint density at radius 3 is 2.43 bits per heavy atom. The first kappa shape index (κ1) is 19.2. The van der Waals surface area contributed by atoms with Crippen LogP contribution >= 0.6 is 0 Å². The van der Waals surface area contributed by atoms with Crippen LogP contribution < -0.4 is 19.7 Å². The summed E-state index contributed by atoms with van der Waals surface area (Å²) in [5.41, 5.74) is 2.11. The first-order valence-corrected chi connectivity index (χ1v) is 8.98. The number of carbonyl (C=O) groups excluding carboxylic acids is 1. The van der Waals surface area contributed by atoms with Gasteiger partial charge in [-0.15, -0.1) is 0 Å². The highest BCUT2D eigenvalue weighted by Gasteiger charge is 2.16. The Kier molecular flexibility index (Phi) is 6.11. The summed E-state index contributed by atoms with van der Waals surface area (Å²) in [5.74, 6) is 1.89. The Morgan fingerprint density at radius 1 is 1.04 bits per heavy atom. The van der Waals surface area contributed by atoms with E-state index < -0.39 is 0 Å². The zero-order valence-electron chi connectivity index (χ0n) is 16.2. The molecule has 1 amide bonds. The van der Waals surface area contributed by atoms with Gasteiger partial charge in [-0.25, -0.2) is 4.98 Å². The second-order valence-electron chi connectivity index (χ2n) is 6.01. The smallest absolute Gasteiger partial charge is 0.259 e. The lowest BCUT2D eigenvalue weighted by Crippen LogP contribution is -2.30. The number of nitrogens with zero attached hydrogens (tertiary/aromatic N) is 2. The first-order chi connectivity index (χ1) is 13.7. The monoisotopic (exact) mass is 377 g/mol. The topological polar surface area (TPSA) is 63.7 Å². The van der Waals surface area contributed by atoms with Crippen molar-refractivity contribution < 1.29 is 14.3 Å². The second kappa shape index (κ2) is 8.90. The van der Waals surface area contributed by atoms with Gasteiger partial charge in [0.25, 0.3) is 5.91 Å². The number of ether oxygens (including phenoxy) is 2. The van der Waals surface area contributed by atoms with E-state index in [2.05, 4.69) is 10.3 Å². The predicted molar refractivity (Wildman–Crippen MR) is 111 cm³/mol. The fourth-order valence-corrected chi connectivity index (χ4v) is 2.85. The average Bonchev–Trinajstić information content (AvgIpc) is 2.75. The molecule has 3 aromatic rings. The van der Waals surface area contributed by atoms with Crippen molar-refractivity contribution in [1.29, 1.82) is 0 Å². The summed E-state index contributed by atoms with van der Waals surface area (Å²) in [4.78, 5) is 19.0. The molecular weight excluding hydrogens is 354 g/mol. The molecule has 3 rings (SSSR count). The van der Waals surface area contributed by atoms with Crippen molar-refractivity contribution in [2.75, 3.05) is 31.0 Å². The highest BCUT2D eigenvalue weighted by molar-refractivity contribution is 6.06. The zero-order valence-corrected chi connectivity index (χ0v) is 16.2. The van der Waals surface area contributed by atoms with E-state index in [1.165, 1.54) is 0 Å². The van der Waals surface area contributed by atoms with E-state index in [0.717, 1.165) is 11.4 Å². The maximum Gasteiger partial charge on any atom is 0.259 e. The fourth-order valence-electron chi connectivity index (χ4n) is 2.85. The minimum absolute atomic E-state index is 0.0910. The highest BCUT2D eigenvalue weighted by atomic mass is 16.5. The molecule has 0 spiro atoms. The molecular formula is C22H23N3O3. The van der Waals surface area contributed by atoms with Gasteiger partial charge in [0.15, 0.2) is 0 Å². The lowest BCUT2D eigenvalue weighted by Gasteiger charge is -2.21. The molecule has 0 saturated carbocycles. The number of anilines is 3. The number of methoxy groups -OCH3 is 2. The van der Waals surface area contributed by atoms with E-state index in [-0.39, 0.29) is 5.91 Å². The van der Waals surface area contributed by atoms with Crippen LogP contribution in [-0.2, 0) is 0 Å². The molecule has 6 heteroatoms. The largest absolute Gasteiger partial charge is 0.497 e. The van der Waals surface area contributed by atoms with Crippen LogP contribution in [0.2, 0.25) is 0 Å². The molecule has 6 nitrogen and oxygen atoms in total. The SMILES string of the molecule is CCN(C(=O)c1ccc(Nc2cc(OC)ccc2OC)nc1)c1ccccc1. The molecule has 0 aliphatic carbocycles. The van der Waals surface area contributed by atoms with Gasteiger partial charge in [0.1, 0.15) is 17.3 Å². The van der Waals surface area contributed by atoms with Crippen molar-refractivity contribution >= 4 is 23.1 Å². The quantitative estimate of drug-likeness (QED) is 0.656. The molecule has 0 fully saturated rings. The summed E-state index contributed by atoms with van der Waals surface area (Å²) < 4.78 is 10.6. The number of pyridine rings is 1. The Hall–Kier alpha value is -3.54. The predicted octanol–water partition coefficient (Wildman–Crippen LogP) is 4.51. The van der Waals surface area contributed by atoms with Gasteiger partial charge in [-0.3, -0.25) is 4.79 Å². The van der Waals surface area contributed by atoms with Crippen LogP contribution in [0.25, 0.3) is 0 Å². The van der Waals surface area contributed by atoms with Gasteiger partial charge < -0.3 is 19.7 Å². The number of hydrogen-bond acceptors (Lipinski definition) is 5. The molecule has 1 aromatic heterocycles. The Balaban J connectivity index is 1.79. The van der Waals surface area contributed by atoms with E-state index in [1.807, 2.05) is 55.5 Å². The summed E-state index contributed by atoms with van der Waals surface area (Å²) >= 11 is 0. The summed E-state index contributed by atoms with van der Waals surface area (Å²) in [5, 5.41) is 3.20. The lowest BCUT2D eigenvalue weighted by molar-refractivity contribution is 0.0988. The van der Waals surface area contributed by atoms with Crippen molar-refractivity contribution in [3.05, 3.63) is 72.4 Å². The molecule has 0 radical (unpaired) electrons. The van der Waals surface area contributed by atoms with Gasteiger partial charge >= 0.3 is 0 Å². The molecule has 0 saturated heterocycles. The molecule has 0 aliphatic rings. The fraction of sp³-hybridized carbons (Fsp3) is 0.182. The van der Waals surface area contributed by atoms with Gasteiger partial charge in [0.2, 0.25) is 0 Å². The normalized spacial score (nSPS) is 10.2. The maximum absolute atomic E-state index is 12.9. The zero-order chi connectivity index (χ0) is 19.9. The van der Waals surface area contributed by atoms with Crippen molar-refractivity contribution in [3.63, 3.8) is 0 Å². The van der Waals surface area contributed by atoms with Gasteiger partial charge in [-0.2, -0.15) is 0 Å². The van der Waals surface area contributed by atoms with Crippen LogP contribution in [0.5, 0.6) is 11.5 Å². The van der Waals surface area contributed by atoms with Crippen LogP contribution in [0.3, 0.4) is 0 Å². The van der Waals surface area contributed by atoms with Crippen molar-refractivity contribution in [2.45, 2.75) is 6.92 Å². The molecule has 28 heavy (non-hydrogen) atoms. The first-order valence-electron chi connectivity index (χ1n) is 8.98. The Labute approximate surface area is 164 Å². The number of para-hydroxylation sites is 1. The number of hydrogen-bond donors (Lipinski definition) is 1. The van der Waals surface area contributed by atoms with Crippen LogP contribution in [0.1, 0.15) is 17.3 Å². The third-order valence-electron chi connectivity index (χ3n) is 4.31. The molecule has 2 aromatic carbocycles.